The summed E-state index contributed by atoms with van der Waals surface area (Å²) in [6, 6.07) is 1.85. The van der Waals surface area contributed by atoms with Gasteiger partial charge >= 0.3 is 6.09 Å². The summed E-state index contributed by atoms with van der Waals surface area (Å²) in [5.41, 5.74) is 2.79. The SMILES string of the molecule is CC.Cc1ccnc(N2CCC(F)(F)C2)c1-c1nc2c([nH]1)CN(C(=O)OC(C)(C)C)CC2. The molecule has 7 nitrogen and oxygen atoms in total. The first-order valence-corrected chi connectivity index (χ1v) is 11.2. The van der Waals surface area contributed by atoms with Crippen molar-refractivity contribution in [3.63, 3.8) is 0 Å². The van der Waals surface area contributed by atoms with Gasteiger partial charge in [0.25, 0.3) is 5.92 Å². The summed E-state index contributed by atoms with van der Waals surface area (Å²) in [5, 5.41) is 0. The van der Waals surface area contributed by atoms with Crippen LogP contribution in [0.25, 0.3) is 11.4 Å². The zero-order valence-corrected chi connectivity index (χ0v) is 19.8. The minimum Gasteiger partial charge on any atom is -0.444 e. The molecule has 1 N–H and O–H groups in total. The van der Waals surface area contributed by atoms with Crippen molar-refractivity contribution in [3.05, 3.63) is 29.2 Å². The fourth-order valence-corrected chi connectivity index (χ4v) is 3.89. The Kier molecular flexibility index (Phi) is 6.76. The van der Waals surface area contributed by atoms with E-state index in [1.165, 1.54) is 0 Å². The van der Waals surface area contributed by atoms with Crippen LogP contribution in [0.5, 0.6) is 0 Å². The summed E-state index contributed by atoms with van der Waals surface area (Å²) in [6.07, 6.45) is 1.70. The molecule has 1 amide bonds. The number of aromatic nitrogens is 3. The van der Waals surface area contributed by atoms with Gasteiger partial charge in [-0.25, -0.2) is 23.5 Å². The van der Waals surface area contributed by atoms with Gasteiger partial charge in [-0.05, 0) is 39.3 Å². The topological polar surface area (TPSA) is 74.4 Å². The predicted molar refractivity (Wildman–Crippen MR) is 120 cm³/mol. The van der Waals surface area contributed by atoms with Gasteiger partial charge in [-0.1, -0.05) is 13.8 Å². The number of rotatable bonds is 2. The fourth-order valence-electron chi connectivity index (χ4n) is 3.89. The van der Waals surface area contributed by atoms with Crippen LogP contribution in [0, 0.1) is 6.92 Å². The third-order valence-electron chi connectivity index (χ3n) is 5.33. The maximum Gasteiger partial charge on any atom is 0.410 e. The van der Waals surface area contributed by atoms with Crippen LogP contribution >= 0.6 is 0 Å². The third-order valence-corrected chi connectivity index (χ3v) is 5.33. The van der Waals surface area contributed by atoms with Crippen molar-refractivity contribution < 1.29 is 18.3 Å². The van der Waals surface area contributed by atoms with E-state index in [0.29, 0.717) is 31.2 Å². The molecule has 0 bridgehead atoms. The molecule has 4 rings (SSSR count). The molecule has 0 saturated carbocycles. The number of anilines is 1. The van der Waals surface area contributed by atoms with Crippen molar-refractivity contribution in [3.8, 4) is 11.4 Å². The molecule has 1 saturated heterocycles. The number of hydrogen-bond donors (Lipinski definition) is 1. The Morgan fingerprint density at radius 1 is 1.25 bits per heavy atom. The molecule has 2 aliphatic rings. The zero-order valence-electron chi connectivity index (χ0n) is 19.8. The van der Waals surface area contributed by atoms with Crippen molar-refractivity contribution in [2.75, 3.05) is 24.5 Å². The van der Waals surface area contributed by atoms with Crippen molar-refractivity contribution in [1.29, 1.82) is 0 Å². The van der Waals surface area contributed by atoms with Crippen LogP contribution in [0.15, 0.2) is 12.3 Å². The number of carbonyl (C=O) groups excluding carboxylic acids is 1. The second-order valence-corrected chi connectivity index (χ2v) is 9.02. The largest absolute Gasteiger partial charge is 0.444 e. The van der Waals surface area contributed by atoms with Crippen LogP contribution in [0.4, 0.5) is 19.4 Å². The number of aryl methyl sites for hydroxylation is 1. The van der Waals surface area contributed by atoms with E-state index in [-0.39, 0.29) is 25.6 Å². The van der Waals surface area contributed by atoms with Crippen LogP contribution in [0.2, 0.25) is 0 Å². The molecular formula is C23H33F2N5O2. The molecule has 2 aromatic heterocycles. The van der Waals surface area contributed by atoms with E-state index in [4.69, 9.17) is 9.72 Å². The number of amides is 1. The van der Waals surface area contributed by atoms with Gasteiger partial charge < -0.3 is 19.5 Å². The molecule has 1 fully saturated rings. The smallest absolute Gasteiger partial charge is 0.410 e. The van der Waals surface area contributed by atoms with E-state index in [1.54, 1.807) is 16.0 Å². The first-order valence-electron chi connectivity index (χ1n) is 11.2. The lowest BCUT2D eigenvalue weighted by atomic mass is 10.1. The number of imidazole rings is 1. The van der Waals surface area contributed by atoms with Gasteiger partial charge in [0.2, 0.25) is 0 Å². The summed E-state index contributed by atoms with van der Waals surface area (Å²) in [4.78, 5) is 28.1. The first kappa shape index (κ1) is 23.9. The summed E-state index contributed by atoms with van der Waals surface area (Å²) in [5.74, 6) is -1.59. The Morgan fingerprint density at radius 3 is 2.59 bits per heavy atom. The molecule has 9 heteroatoms. The summed E-state index contributed by atoms with van der Waals surface area (Å²) in [6.45, 7) is 12.2. The molecule has 0 spiro atoms. The molecule has 2 aromatic rings. The van der Waals surface area contributed by atoms with Crippen LogP contribution in [-0.4, -0.2) is 57.1 Å². The zero-order chi connectivity index (χ0) is 23.7. The summed E-state index contributed by atoms with van der Waals surface area (Å²) in [7, 11) is 0. The lowest BCUT2D eigenvalue weighted by Gasteiger charge is -2.29. The number of carbonyl (C=O) groups is 1. The number of nitrogens with one attached hydrogen (secondary N) is 1. The summed E-state index contributed by atoms with van der Waals surface area (Å²) >= 11 is 0. The van der Waals surface area contributed by atoms with Crippen molar-refractivity contribution in [1.82, 2.24) is 19.9 Å². The average Bonchev–Trinajstić information content (AvgIpc) is 3.30. The van der Waals surface area contributed by atoms with E-state index in [9.17, 15) is 13.6 Å². The Hall–Kier alpha value is -2.71. The number of ether oxygens (including phenoxy) is 1. The molecule has 176 valence electrons. The lowest BCUT2D eigenvalue weighted by Crippen LogP contribution is -2.39. The highest BCUT2D eigenvalue weighted by Crippen LogP contribution is 2.37. The second-order valence-electron chi connectivity index (χ2n) is 9.02. The van der Waals surface area contributed by atoms with Crippen LogP contribution in [-0.2, 0) is 17.7 Å². The maximum atomic E-state index is 13.8. The molecule has 0 atom stereocenters. The van der Waals surface area contributed by atoms with Gasteiger partial charge in [0.1, 0.15) is 17.2 Å². The number of hydrogen-bond acceptors (Lipinski definition) is 5. The molecule has 0 radical (unpaired) electrons. The Bertz CT molecular complexity index is 968. The van der Waals surface area contributed by atoms with Crippen LogP contribution < -0.4 is 4.90 Å². The minimum absolute atomic E-state index is 0.179. The van der Waals surface area contributed by atoms with Gasteiger partial charge in [0.15, 0.2) is 0 Å². The van der Waals surface area contributed by atoms with Gasteiger partial charge in [0.05, 0.1) is 30.0 Å². The number of nitrogens with zero attached hydrogens (tertiary/aromatic N) is 4. The second kappa shape index (κ2) is 9.03. The van der Waals surface area contributed by atoms with Gasteiger partial charge in [-0.2, -0.15) is 0 Å². The van der Waals surface area contributed by atoms with E-state index in [2.05, 4.69) is 9.97 Å². The number of H-pyrrole nitrogens is 1. The predicted octanol–water partition coefficient (Wildman–Crippen LogP) is 4.94. The van der Waals surface area contributed by atoms with Crippen molar-refractivity contribution in [2.45, 2.75) is 72.5 Å². The van der Waals surface area contributed by atoms with Crippen LogP contribution in [0.1, 0.15) is 58.0 Å². The highest BCUT2D eigenvalue weighted by atomic mass is 19.3. The Labute approximate surface area is 188 Å². The average molecular weight is 450 g/mol. The first-order chi connectivity index (χ1) is 15.0. The third kappa shape index (κ3) is 5.19. The number of halogens is 2. The van der Waals surface area contributed by atoms with E-state index in [1.807, 2.05) is 47.6 Å². The normalized spacial score (nSPS) is 17.5. The number of aromatic amines is 1. The quantitative estimate of drug-likeness (QED) is 0.703. The van der Waals surface area contributed by atoms with Gasteiger partial charge in [-0.3, -0.25) is 0 Å². The molecule has 32 heavy (non-hydrogen) atoms. The highest BCUT2D eigenvalue weighted by molar-refractivity contribution is 5.75. The lowest BCUT2D eigenvalue weighted by molar-refractivity contribution is 0.0219. The Morgan fingerprint density at radius 2 is 1.97 bits per heavy atom. The molecule has 2 aliphatic heterocycles. The molecule has 0 aromatic carbocycles. The van der Waals surface area contributed by atoms with Gasteiger partial charge in [0, 0.05) is 32.1 Å². The highest BCUT2D eigenvalue weighted by Gasteiger charge is 2.40. The number of pyridine rings is 1. The minimum atomic E-state index is -2.71. The molecule has 4 heterocycles. The van der Waals surface area contributed by atoms with E-state index >= 15 is 0 Å². The summed E-state index contributed by atoms with van der Waals surface area (Å²) < 4.78 is 33.1. The van der Waals surface area contributed by atoms with Gasteiger partial charge in [-0.15, -0.1) is 0 Å². The van der Waals surface area contributed by atoms with Crippen molar-refractivity contribution >= 4 is 11.9 Å². The standard InChI is InChI=1S/C21H27F2N5O2.C2H6/c1-13-5-8-24-18(28-10-7-21(22,23)12-28)16(13)17-25-14-6-9-27(11-15(14)26-17)19(29)30-20(2,3)4;1-2/h5,8H,6-7,9-12H2,1-4H3,(H,25,26);1-2H3. The molecule has 0 aliphatic carbocycles. The fraction of sp³-hybridized carbons (Fsp3) is 0.609. The maximum absolute atomic E-state index is 13.8. The van der Waals surface area contributed by atoms with E-state index < -0.39 is 11.5 Å². The Balaban J connectivity index is 0.00000141. The van der Waals surface area contributed by atoms with E-state index in [0.717, 1.165) is 22.5 Å². The van der Waals surface area contributed by atoms with Crippen molar-refractivity contribution in [2.24, 2.45) is 0 Å². The van der Waals surface area contributed by atoms with Crippen LogP contribution in [0.3, 0.4) is 0 Å². The molecular weight excluding hydrogens is 416 g/mol. The number of alkyl halides is 2. The molecule has 0 unspecified atom stereocenters. The number of fused-ring (bicyclic) bond motifs is 1. The monoisotopic (exact) mass is 449 g/mol.